The molecule has 0 unspecified atom stereocenters. The monoisotopic (exact) mass is 296 g/mol. The summed E-state index contributed by atoms with van der Waals surface area (Å²) in [6.45, 7) is 0.529. The fourth-order valence-electron chi connectivity index (χ4n) is 2.19. The van der Waals surface area contributed by atoms with E-state index in [0.29, 0.717) is 28.7 Å². The normalized spacial score (nSPS) is 10.8. The van der Waals surface area contributed by atoms with E-state index in [9.17, 15) is 4.79 Å². The van der Waals surface area contributed by atoms with Crippen molar-refractivity contribution < 1.29 is 14.8 Å². The van der Waals surface area contributed by atoms with Crippen LogP contribution in [0, 0.1) is 0 Å². The van der Waals surface area contributed by atoms with Gasteiger partial charge >= 0.3 is 7.12 Å². The number of imidazole rings is 1. The predicted molar refractivity (Wildman–Crippen MR) is 81.4 cm³/mol. The molecule has 0 bridgehead atoms. The van der Waals surface area contributed by atoms with Crippen molar-refractivity contribution in [1.29, 1.82) is 0 Å². The Labute approximate surface area is 126 Å². The fourth-order valence-corrected chi connectivity index (χ4v) is 2.19. The molecule has 0 atom stereocenters. The van der Waals surface area contributed by atoms with Crippen molar-refractivity contribution in [3.8, 4) is 0 Å². The molecule has 3 rings (SSSR count). The third kappa shape index (κ3) is 2.69. The van der Waals surface area contributed by atoms with E-state index < -0.39 is 13.0 Å². The molecule has 0 saturated carbocycles. The molecule has 1 aromatic carbocycles. The molecule has 0 saturated heterocycles. The molecule has 0 radical (unpaired) electrons. The van der Waals surface area contributed by atoms with Gasteiger partial charge in [0.1, 0.15) is 5.52 Å². The SMILES string of the molecule is NC(=O)c1cnc2c(c1)ncn2Cc1ccc(B(O)O)cc1. The van der Waals surface area contributed by atoms with Crippen molar-refractivity contribution in [2.45, 2.75) is 6.54 Å². The number of aromatic nitrogens is 3. The van der Waals surface area contributed by atoms with E-state index >= 15 is 0 Å². The van der Waals surface area contributed by atoms with Crippen molar-refractivity contribution in [3.63, 3.8) is 0 Å². The van der Waals surface area contributed by atoms with Crippen LogP contribution in [0.15, 0.2) is 42.9 Å². The van der Waals surface area contributed by atoms with Crippen LogP contribution in [0.5, 0.6) is 0 Å². The highest BCUT2D eigenvalue weighted by Crippen LogP contribution is 2.13. The summed E-state index contributed by atoms with van der Waals surface area (Å²) in [7, 11) is -1.47. The topological polar surface area (TPSA) is 114 Å². The maximum absolute atomic E-state index is 11.1. The average Bonchev–Trinajstić information content (AvgIpc) is 2.90. The molecule has 0 fully saturated rings. The predicted octanol–water partition coefficient (Wildman–Crippen LogP) is -0.742. The number of primary amides is 1. The third-order valence-corrected chi connectivity index (χ3v) is 3.37. The molecule has 22 heavy (non-hydrogen) atoms. The molecule has 0 aliphatic heterocycles. The molecular formula is C14H13BN4O3. The van der Waals surface area contributed by atoms with Crippen LogP contribution in [0.4, 0.5) is 0 Å². The summed E-state index contributed by atoms with van der Waals surface area (Å²) in [5.41, 5.74) is 8.18. The number of amides is 1. The Morgan fingerprint density at radius 2 is 1.95 bits per heavy atom. The van der Waals surface area contributed by atoms with E-state index in [-0.39, 0.29) is 0 Å². The zero-order valence-electron chi connectivity index (χ0n) is 11.5. The number of benzene rings is 1. The lowest BCUT2D eigenvalue weighted by atomic mass is 9.80. The largest absolute Gasteiger partial charge is 0.488 e. The van der Waals surface area contributed by atoms with Gasteiger partial charge in [0, 0.05) is 6.20 Å². The van der Waals surface area contributed by atoms with Crippen molar-refractivity contribution in [3.05, 3.63) is 54.0 Å². The summed E-state index contributed by atoms with van der Waals surface area (Å²) in [4.78, 5) is 19.6. The minimum atomic E-state index is -1.47. The highest BCUT2D eigenvalue weighted by Gasteiger charge is 2.11. The van der Waals surface area contributed by atoms with Crippen LogP contribution >= 0.6 is 0 Å². The Morgan fingerprint density at radius 3 is 2.59 bits per heavy atom. The van der Waals surface area contributed by atoms with Crippen molar-refractivity contribution in [2.24, 2.45) is 5.73 Å². The third-order valence-electron chi connectivity index (χ3n) is 3.37. The van der Waals surface area contributed by atoms with Crippen molar-refractivity contribution in [2.75, 3.05) is 0 Å². The smallest absolute Gasteiger partial charge is 0.423 e. The van der Waals surface area contributed by atoms with Gasteiger partial charge < -0.3 is 20.3 Å². The van der Waals surface area contributed by atoms with Crippen LogP contribution in [0.1, 0.15) is 15.9 Å². The van der Waals surface area contributed by atoms with Crippen LogP contribution in [0.25, 0.3) is 11.2 Å². The van der Waals surface area contributed by atoms with Gasteiger partial charge in [0.25, 0.3) is 0 Å². The molecular weight excluding hydrogens is 283 g/mol. The molecule has 0 aliphatic rings. The van der Waals surface area contributed by atoms with Gasteiger partial charge in [-0.15, -0.1) is 0 Å². The Kier molecular flexibility index (Phi) is 3.62. The summed E-state index contributed by atoms with van der Waals surface area (Å²) in [6.07, 6.45) is 3.06. The number of nitrogens with two attached hydrogens (primary N) is 1. The second-order valence-electron chi connectivity index (χ2n) is 4.92. The Morgan fingerprint density at radius 1 is 1.23 bits per heavy atom. The van der Waals surface area contributed by atoms with E-state index in [1.54, 1.807) is 36.7 Å². The maximum Gasteiger partial charge on any atom is 0.488 e. The summed E-state index contributed by atoms with van der Waals surface area (Å²) in [6, 6.07) is 8.51. The lowest BCUT2D eigenvalue weighted by Gasteiger charge is -2.05. The molecule has 0 aliphatic carbocycles. The Bertz CT molecular complexity index is 830. The zero-order chi connectivity index (χ0) is 15.7. The first-order valence-electron chi connectivity index (χ1n) is 6.60. The Hall–Kier alpha value is -2.71. The van der Waals surface area contributed by atoms with Gasteiger partial charge in [0.05, 0.1) is 18.4 Å². The molecule has 0 spiro atoms. The van der Waals surface area contributed by atoms with Crippen molar-refractivity contribution in [1.82, 2.24) is 14.5 Å². The highest BCUT2D eigenvalue weighted by molar-refractivity contribution is 6.58. The number of carbonyl (C=O) groups excluding carboxylic acids is 1. The molecule has 2 aromatic heterocycles. The number of pyridine rings is 1. The average molecular weight is 296 g/mol. The summed E-state index contributed by atoms with van der Waals surface area (Å²) in [5, 5.41) is 18.2. The van der Waals surface area contributed by atoms with Crippen LogP contribution < -0.4 is 11.2 Å². The Balaban J connectivity index is 1.89. The molecule has 1 amide bonds. The molecule has 110 valence electrons. The van der Waals surface area contributed by atoms with E-state index in [4.69, 9.17) is 15.8 Å². The van der Waals surface area contributed by atoms with Gasteiger partial charge in [-0.3, -0.25) is 4.79 Å². The summed E-state index contributed by atoms with van der Waals surface area (Å²) < 4.78 is 1.84. The first-order chi connectivity index (χ1) is 10.5. The number of fused-ring (bicyclic) bond motifs is 1. The van der Waals surface area contributed by atoms with Gasteiger partial charge in [-0.25, -0.2) is 9.97 Å². The first-order valence-corrected chi connectivity index (χ1v) is 6.60. The number of hydrogen-bond acceptors (Lipinski definition) is 5. The number of hydrogen-bond donors (Lipinski definition) is 3. The van der Waals surface area contributed by atoms with Gasteiger partial charge in [-0.05, 0) is 17.1 Å². The summed E-state index contributed by atoms with van der Waals surface area (Å²) >= 11 is 0. The van der Waals surface area contributed by atoms with Gasteiger partial charge in [0.2, 0.25) is 5.91 Å². The van der Waals surface area contributed by atoms with Gasteiger partial charge in [-0.1, -0.05) is 24.3 Å². The number of nitrogens with zero attached hydrogens (tertiary/aromatic N) is 3. The van der Waals surface area contributed by atoms with Gasteiger partial charge in [0.15, 0.2) is 5.65 Å². The van der Waals surface area contributed by atoms with Crippen LogP contribution in [0.3, 0.4) is 0 Å². The van der Waals surface area contributed by atoms with Crippen LogP contribution in [-0.2, 0) is 6.54 Å². The first kappa shape index (κ1) is 14.2. The molecule has 2 heterocycles. The maximum atomic E-state index is 11.1. The molecule has 4 N–H and O–H groups in total. The van der Waals surface area contributed by atoms with Crippen LogP contribution in [0.2, 0.25) is 0 Å². The quantitative estimate of drug-likeness (QED) is 0.549. The second kappa shape index (κ2) is 5.59. The van der Waals surface area contributed by atoms with E-state index in [1.807, 2.05) is 4.57 Å². The van der Waals surface area contributed by atoms with Gasteiger partial charge in [-0.2, -0.15) is 0 Å². The highest BCUT2D eigenvalue weighted by atomic mass is 16.4. The lowest BCUT2D eigenvalue weighted by molar-refractivity contribution is 0.1000. The van der Waals surface area contributed by atoms with E-state index in [1.165, 1.54) is 6.20 Å². The summed E-state index contributed by atoms with van der Waals surface area (Å²) in [5.74, 6) is -0.540. The zero-order valence-corrected chi connectivity index (χ0v) is 11.5. The molecule has 8 heteroatoms. The molecule has 3 aromatic rings. The van der Waals surface area contributed by atoms with E-state index in [2.05, 4.69) is 9.97 Å². The van der Waals surface area contributed by atoms with E-state index in [0.717, 1.165) is 5.56 Å². The molecule has 7 nitrogen and oxygen atoms in total. The minimum Gasteiger partial charge on any atom is -0.423 e. The lowest BCUT2D eigenvalue weighted by Crippen LogP contribution is -2.29. The fraction of sp³-hybridized carbons (Fsp3) is 0.0714. The van der Waals surface area contributed by atoms with Crippen molar-refractivity contribution >= 4 is 29.7 Å². The number of rotatable bonds is 4. The second-order valence-corrected chi connectivity index (χ2v) is 4.92. The van der Waals surface area contributed by atoms with Crippen LogP contribution in [-0.4, -0.2) is 37.6 Å². The minimum absolute atomic E-state index is 0.319. The number of carbonyl (C=O) groups is 1. The standard InChI is InChI=1S/C14H13BN4O3/c16-13(20)10-5-12-14(17-6-10)19(8-18-12)7-9-1-3-11(4-2-9)15(21)22/h1-6,8,21-22H,7H2,(H2,16,20).